The van der Waals surface area contributed by atoms with Gasteiger partial charge in [-0.15, -0.1) is 0 Å². The zero-order valence-electron chi connectivity index (χ0n) is 8.10. The van der Waals surface area contributed by atoms with Crippen molar-refractivity contribution in [2.24, 2.45) is 17.3 Å². The number of carbonyl (C=O) groups is 1. The summed E-state index contributed by atoms with van der Waals surface area (Å²) in [7, 11) is 0. The van der Waals surface area contributed by atoms with E-state index in [2.05, 4.69) is 13.8 Å². The van der Waals surface area contributed by atoms with E-state index in [0.717, 1.165) is 18.8 Å². The van der Waals surface area contributed by atoms with Crippen molar-refractivity contribution in [1.82, 2.24) is 0 Å². The second-order valence-electron chi connectivity index (χ2n) is 4.95. The Morgan fingerprint density at radius 1 is 1.42 bits per heavy atom. The SMILES string of the molecule is CC1CCCC2CC(=O)CC12C. The maximum atomic E-state index is 11.4. The maximum absolute atomic E-state index is 11.4. The minimum absolute atomic E-state index is 0.370. The van der Waals surface area contributed by atoms with E-state index < -0.39 is 0 Å². The Bertz CT molecular complexity index is 209. The lowest BCUT2D eigenvalue weighted by Gasteiger charge is -2.41. The molecule has 12 heavy (non-hydrogen) atoms. The predicted molar refractivity (Wildman–Crippen MR) is 48.9 cm³/mol. The number of hydrogen-bond acceptors (Lipinski definition) is 1. The van der Waals surface area contributed by atoms with E-state index in [0.29, 0.717) is 17.1 Å². The summed E-state index contributed by atoms with van der Waals surface area (Å²) in [6.07, 6.45) is 5.71. The predicted octanol–water partition coefficient (Wildman–Crippen LogP) is 2.79. The molecule has 0 aliphatic heterocycles. The van der Waals surface area contributed by atoms with Crippen molar-refractivity contribution >= 4 is 5.78 Å². The van der Waals surface area contributed by atoms with E-state index >= 15 is 0 Å². The highest BCUT2D eigenvalue weighted by Crippen LogP contribution is 2.53. The molecule has 2 fully saturated rings. The molecule has 0 aromatic rings. The molecule has 2 saturated carbocycles. The fourth-order valence-electron chi connectivity index (χ4n) is 3.16. The van der Waals surface area contributed by atoms with Gasteiger partial charge in [0.25, 0.3) is 0 Å². The number of ketones is 1. The van der Waals surface area contributed by atoms with Gasteiger partial charge in [-0.1, -0.05) is 26.7 Å². The van der Waals surface area contributed by atoms with Crippen LogP contribution in [0.3, 0.4) is 0 Å². The second kappa shape index (κ2) is 2.58. The van der Waals surface area contributed by atoms with Crippen molar-refractivity contribution < 1.29 is 4.79 Å². The van der Waals surface area contributed by atoms with Crippen molar-refractivity contribution in [2.45, 2.75) is 46.0 Å². The van der Waals surface area contributed by atoms with Crippen LogP contribution < -0.4 is 0 Å². The minimum Gasteiger partial charge on any atom is -0.300 e. The second-order valence-corrected chi connectivity index (χ2v) is 4.95. The Kier molecular flexibility index (Phi) is 1.78. The summed E-state index contributed by atoms with van der Waals surface area (Å²) in [5.41, 5.74) is 0.370. The molecule has 0 amide bonds. The molecule has 0 spiro atoms. The first-order valence-electron chi connectivity index (χ1n) is 5.14. The number of Topliss-reactive ketones (excluding diaryl/α,β-unsaturated/α-hetero) is 1. The Labute approximate surface area is 74.5 Å². The third-order valence-electron chi connectivity index (χ3n) is 4.30. The Balaban J connectivity index is 2.23. The van der Waals surface area contributed by atoms with Gasteiger partial charge in [-0.2, -0.15) is 0 Å². The molecule has 0 N–H and O–H groups in total. The zero-order chi connectivity index (χ0) is 8.77. The molecule has 3 unspecified atom stereocenters. The van der Waals surface area contributed by atoms with Crippen molar-refractivity contribution in [3.05, 3.63) is 0 Å². The molecule has 2 aliphatic rings. The fraction of sp³-hybridized carbons (Fsp3) is 0.909. The first-order chi connectivity index (χ1) is 5.63. The minimum atomic E-state index is 0.370. The molecular formula is C11H18O. The van der Waals surface area contributed by atoms with E-state index in [1.807, 2.05) is 0 Å². The highest BCUT2D eigenvalue weighted by atomic mass is 16.1. The smallest absolute Gasteiger partial charge is 0.133 e. The van der Waals surface area contributed by atoms with Gasteiger partial charge in [0.1, 0.15) is 5.78 Å². The van der Waals surface area contributed by atoms with E-state index in [9.17, 15) is 4.79 Å². The lowest BCUT2D eigenvalue weighted by molar-refractivity contribution is -0.118. The quantitative estimate of drug-likeness (QED) is 0.541. The van der Waals surface area contributed by atoms with Gasteiger partial charge in [-0.25, -0.2) is 0 Å². The lowest BCUT2D eigenvalue weighted by atomic mass is 9.63. The van der Waals surface area contributed by atoms with Gasteiger partial charge in [0.2, 0.25) is 0 Å². The van der Waals surface area contributed by atoms with Gasteiger partial charge in [0.15, 0.2) is 0 Å². The molecule has 2 rings (SSSR count). The number of rotatable bonds is 0. The first kappa shape index (κ1) is 8.28. The zero-order valence-corrected chi connectivity index (χ0v) is 8.10. The van der Waals surface area contributed by atoms with Crippen molar-refractivity contribution in [3.8, 4) is 0 Å². The molecular weight excluding hydrogens is 148 g/mol. The third-order valence-corrected chi connectivity index (χ3v) is 4.30. The standard InChI is InChI=1S/C11H18O/c1-8-4-3-5-9-6-10(12)7-11(8,9)2/h8-9H,3-7H2,1-2H3. The monoisotopic (exact) mass is 166 g/mol. The molecule has 0 aromatic heterocycles. The van der Waals surface area contributed by atoms with Gasteiger partial charge in [0.05, 0.1) is 0 Å². The highest BCUT2D eigenvalue weighted by Gasteiger charge is 2.47. The molecule has 0 radical (unpaired) electrons. The van der Waals surface area contributed by atoms with Gasteiger partial charge in [-0.3, -0.25) is 4.79 Å². The van der Waals surface area contributed by atoms with Crippen LogP contribution in [0, 0.1) is 17.3 Å². The molecule has 0 heterocycles. The molecule has 0 bridgehead atoms. The van der Waals surface area contributed by atoms with E-state index in [1.165, 1.54) is 19.3 Å². The lowest BCUT2D eigenvalue weighted by Crippen LogP contribution is -2.33. The van der Waals surface area contributed by atoms with Gasteiger partial charge in [0, 0.05) is 12.8 Å². The van der Waals surface area contributed by atoms with E-state index in [-0.39, 0.29) is 0 Å². The van der Waals surface area contributed by atoms with Gasteiger partial charge < -0.3 is 0 Å². The average molecular weight is 166 g/mol. The fourth-order valence-corrected chi connectivity index (χ4v) is 3.16. The Morgan fingerprint density at radius 2 is 2.17 bits per heavy atom. The summed E-state index contributed by atoms with van der Waals surface area (Å²) in [4.78, 5) is 11.4. The molecule has 68 valence electrons. The summed E-state index contributed by atoms with van der Waals surface area (Å²) in [6.45, 7) is 4.65. The molecule has 0 saturated heterocycles. The van der Waals surface area contributed by atoms with Crippen LogP contribution in [0.1, 0.15) is 46.0 Å². The van der Waals surface area contributed by atoms with Crippen LogP contribution >= 0.6 is 0 Å². The summed E-state index contributed by atoms with van der Waals surface area (Å²) in [5, 5.41) is 0. The van der Waals surface area contributed by atoms with Crippen LogP contribution in [0.2, 0.25) is 0 Å². The van der Waals surface area contributed by atoms with Crippen molar-refractivity contribution in [2.75, 3.05) is 0 Å². The summed E-state index contributed by atoms with van der Waals surface area (Å²) in [6, 6.07) is 0. The normalized spacial score (nSPS) is 47.7. The number of fused-ring (bicyclic) bond motifs is 1. The van der Waals surface area contributed by atoms with Crippen LogP contribution in [0.5, 0.6) is 0 Å². The summed E-state index contributed by atoms with van der Waals surface area (Å²) < 4.78 is 0. The maximum Gasteiger partial charge on any atom is 0.133 e. The van der Waals surface area contributed by atoms with Gasteiger partial charge >= 0.3 is 0 Å². The van der Waals surface area contributed by atoms with E-state index in [4.69, 9.17) is 0 Å². The third kappa shape index (κ3) is 1.02. The van der Waals surface area contributed by atoms with Crippen molar-refractivity contribution in [3.63, 3.8) is 0 Å². The Morgan fingerprint density at radius 3 is 2.83 bits per heavy atom. The molecule has 1 heteroatoms. The molecule has 2 aliphatic carbocycles. The van der Waals surface area contributed by atoms with Crippen LogP contribution in [-0.2, 0) is 4.79 Å². The largest absolute Gasteiger partial charge is 0.300 e. The summed E-state index contributed by atoms with van der Waals surface area (Å²) >= 11 is 0. The molecule has 1 nitrogen and oxygen atoms in total. The topological polar surface area (TPSA) is 17.1 Å². The van der Waals surface area contributed by atoms with Crippen LogP contribution in [0.15, 0.2) is 0 Å². The first-order valence-corrected chi connectivity index (χ1v) is 5.14. The Hall–Kier alpha value is -0.330. The number of carbonyl (C=O) groups excluding carboxylic acids is 1. The molecule has 3 atom stereocenters. The van der Waals surface area contributed by atoms with Crippen LogP contribution in [-0.4, -0.2) is 5.78 Å². The highest BCUT2D eigenvalue weighted by molar-refractivity contribution is 5.82. The summed E-state index contributed by atoms with van der Waals surface area (Å²) in [5.74, 6) is 1.99. The van der Waals surface area contributed by atoms with Crippen LogP contribution in [0.25, 0.3) is 0 Å². The van der Waals surface area contributed by atoms with E-state index in [1.54, 1.807) is 0 Å². The number of hydrogen-bond donors (Lipinski definition) is 0. The average Bonchev–Trinajstić information content (AvgIpc) is 2.27. The van der Waals surface area contributed by atoms with Gasteiger partial charge in [-0.05, 0) is 23.7 Å². The van der Waals surface area contributed by atoms with Crippen molar-refractivity contribution in [1.29, 1.82) is 0 Å². The van der Waals surface area contributed by atoms with Crippen LogP contribution in [0.4, 0.5) is 0 Å². The molecule has 0 aromatic carbocycles.